The number of aromatic nitrogens is 2. The van der Waals surface area contributed by atoms with Crippen LogP contribution in [0.2, 0.25) is 0 Å². The third-order valence-electron chi connectivity index (χ3n) is 4.47. The Labute approximate surface area is 174 Å². The molecule has 0 saturated heterocycles. The van der Waals surface area contributed by atoms with Crippen LogP contribution in [-0.2, 0) is 17.5 Å². The van der Waals surface area contributed by atoms with E-state index in [0.717, 1.165) is 12.1 Å². The third kappa shape index (κ3) is 5.07. The third-order valence-corrected chi connectivity index (χ3v) is 4.47. The van der Waals surface area contributed by atoms with Crippen LogP contribution in [0.1, 0.15) is 18.1 Å². The van der Waals surface area contributed by atoms with Crippen molar-refractivity contribution in [2.24, 2.45) is 0 Å². The molecule has 0 aliphatic heterocycles. The predicted molar refractivity (Wildman–Crippen MR) is 103 cm³/mol. The van der Waals surface area contributed by atoms with Gasteiger partial charge in [0, 0.05) is 17.4 Å². The largest absolute Gasteiger partial charge is 0.417 e. The molecule has 10 heteroatoms. The number of amides is 1. The second-order valence-corrected chi connectivity index (χ2v) is 7.03. The molecule has 0 radical (unpaired) electrons. The summed E-state index contributed by atoms with van der Waals surface area (Å²) in [6, 6.07) is 9.82. The molecule has 0 aliphatic rings. The molecule has 0 fully saturated rings. The molecule has 160 valence electrons. The Bertz CT molecular complexity index is 1150. The fourth-order valence-corrected chi connectivity index (χ4v) is 2.85. The number of benzene rings is 2. The van der Waals surface area contributed by atoms with Gasteiger partial charge in [-0.3, -0.25) is 9.48 Å². The number of nitriles is 1. The van der Waals surface area contributed by atoms with Crippen LogP contribution in [0.5, 0.6) is 0 Å². The Hall–Kier alpha value is -3.71. The van der Waals surface area contributed by atoms with Crippen molar-refractivity contribution in [1.82, 2.24) is 9.78 Å². The first kappa shape index (κ1) is 22.0. The van der Waals surface area contributed by atoms with Gasteiger partial charge in [0.05, 0.1) is 29.9 Å². The Morgan fingerprint density at radius 1 is 1.19 bits per heavy atom. The highest BCUT2D eigenvalue weighted by atomic mass is 19.4. The number of hydrogen-bond donors (Lipinski definition) is 2. The number of hydrogen-bond acceptors (Lipinski definition) is 4. The topological polar surface area (TPSA) is 90.9 Å². The van der Waals surface area contributed by atoms with Crippen molar-refractivity contribution in [3.8, 4) is 17.2 Å². The maximum absolute atomic E-state index is 13.1. The first-order chi connectivity index (χ1) is 14.5. The monoisotopic (exact) mass is 432 g/mol. The van der Waals surface area contributed by atoms with Crippen LogP contribution in [-0.4, -0.2) is 26.4 Å². The molecular weight excluding hydrogens is 416 g/mol. The van der Waals surface area contributed by atoms with Gasteiger partial charge < -0.3 is 10.4 Å². The van der Waals surface area contributed by atoms with Crippen molar-refractivity contribution in [1.29, 1.82) is 5.26 Å². The highest BCUT2D eigenvalue weighted by Crippen LogP contribution is 2.33. The fraction of sp³-hybridized carbons (Fsp3) is 0.190. The van der Waals surface area contributed by atoms with Crippen molar-refractivity contribution in [2.45, 2.75) is 25.2 Å². The molecule has 2 N–H and O–H groups in total. The lowest BCUT2D eigenvalue weighted by Gasteiger charge is -2.22. The summed E-state index contributed by atoms with van der Waals surface area (Å²) in [5.74, 6) is -1.35. The van der Waals surface area contributed by atoms with Gasteiger partial charge in [-0.1, -0.05) is 12.1 Å². The predicted octanol–water partition coefficient (Wildman–Crippen LogP) is 3.97. The standard InChI is InChI=1S/C21H16F4N4O2/c1-20(31,12-29-11-15(10-27-29)13-2-5-16(22)6-3-13)19(30)28-17-7-4-14(9-26)18(8-17)21(23,24)25/h2-8,10-11,31H,12H2,1H3,(H,28,30). The summed E-state index contributed by atoms with van der Waals surface area (Å²) >= 11 is 0. The molecule has 0 spiro atoms. The second kappa shape index (κ2) is 8.20. The van der Waals surface area contributed by atoms with Crippen molar-refractivity contribution in [3.63, 3.8) is 0 Å². The Morgan fingerprint density at radius 3 is 2.48 bits per heavy atom. The van der Waals surface area contributed by atoms with E-state index in [4.69, 9.17) is 5.26 Å². The number of alkyl halides is 3. The summed E-state index contributed by atoms with van der Waals surface area (Å²) in [5, 5.41) is 25.7. The molecule has 1 amide bonds. The van der Waals surface area contributed by atoms with Gasteiger partial charge >= 0.3 is 6.18 Å². The van der Waals surface area contributed by atoms with Crippen molar-refractivity contribution in [2.75, 3.05) is 5.32 Å². The van der Waals surface area contributed by atoms with E-state index in [2.05, 4.69) is 10.4 Å². The number of anilines is 1. The molecular formula is C21H16F4N4O2. The summed E-state index contributed by atoms with van der Waals surface area (Å²) < 4.78 is 53.6. The van der Waals surface area contributed by atoms with Gasteiger partial charge in [-0.15, -0.1) is 0 Å². The van der Waals surface area contributed by atoms with Crippen LogP contribution < -0.4 is 5.32 Å². The molecule has 2 aromatic carbocycles. The normalized spacial score (nSPS) is 13.3. The average molecular weight is 432 g/mol. The molecule has 6 nitrogen and oxygen atoms in total. The number of nitrogens with zero attached hydrogens (tertiary/aromatic N) is 3. The lowest BCUT2D eigenvalue weighted by Crippen LogP contribution is -2.43. The quantitative estimate of drug-likeness (QED) is 0.597. The van der Waals surface area contributed by atoms with Gasteiger partial charge in [0.15, 0.2) is 5.60 Å². The minimum absolute atomic E-state index is 0.218. The van der Waals surface area contributed by atoms with Crippen LogP contribution in [0, 0.1) is 17.1 Å². The Morgan fingerprint density at radius 2 is 1.87 bits per heavy atom. The lowest BCUT2D eigenvalue weighted by molar-refractivity contribution is -0.138. The van der Waals surface area contributed by atoms with Crippen molar-refractivity contribution in [3.05, 3.63) is 71.8 Å². The van der Waals surface area contributed by atoms with Crippen LogP contribution in [0.4, 0.5) is 23.2 Å². The summed E-state index contributed by atoms with van der Waals surface area (Å²) in [7, 11) is 0. The zero-order chi connectivity index (χ0) is 22.8. The maximum atomic E-state index is 13.1. The summed E-state index contributed by atoms with van der Waals surface area (Å²) in [4.78, 5) is 12.5. The Kier molecular flexibility index (Phi) is 5.81. The van der Waals surface area contributed by atoms with Crippen LogP contribution in [0.25, 0.3) is 11.1 Å². The minimum atomic E-state index is -4.78. The Balaban J connectivity index is 1.75. The van der Waals surface area contributed by atoms with E-state index in [9.17, 15) is 27.5 Å². The van der Waals surface area contributed by atoms with E-state index in [1.54, 1.807) is 18.3 Å². The zero-order valence-corrected chi connectivity index (χ0v) is 16.1. The van der Waals surface area contributed by atoms with Gasteiger partial charge in [-0.25, -0.2) is 4.39 Å². The number of rotatable bonds is 5. The number of halogens is 4. The van der Waals surface area contributed by atoms with E-state index in [1.165, 1.54) is 36.0 Å². The molecule has 1 atom stereocenters. The molecule has 31 heavy (non-hydrogen) atoms. The highest BCUT2D eigenvalue weighted by molar-refractivity contribution is 5.96. The molecule has 3 aromatic rings. The minimum Gasteiger partial charge on any atom is -0.378 e. The summed E-state index contributed by atoms with van der Waals surface area (Å²) in [6.07, 6.45) is -1.77. The summed E-state index contributed by atoms with van der Waals surface area (Å²) in [6.45, 7) is 0.901. The number of aliphatic hydroxyl groups is 1. The SMILES string of the molecule is CC(O)(Cn1cc(-c2ccc(F)cc2)cn1)C(=O)Nc1ccc(C#N)c(C(F)(F)F)c1. The maximum Gasteiger partial charge on any atom is 0.417 e. The first-order valence-corrected chi connectivity index (χ1v) is 8.93. The lowest BCUT2D eigenvalue weighted by atomic mass is 10.0. The van der Waals surface area contributed by atoms with Crippen molar-refractivity contribution >= 4 is 11.6 Å². The average Bonchev–Trinajstić information content (AvgIpc) is 3.15. The molecule has 1 aromatic heterocycles. The van der Waals surface area contributed by atoms with Crippen molar-refractivity contribution < 1.29 is 27.5 Å². The molecule has 1 heterocycles. The van der Waals surface area contributed by atoms with Gasteiger partial charge in [-0.05, 0) is 42.8 Å². The highest BCUT2D eigenvalue weighted by Gasteiger charge is 2.35. The van der Waals surface area contributed by atoms with Gasteiger partial charge in [0.1, 0.15) is 5.82 Å². The molecule has 1 unspecified atom stereocenters. The van der Waals surface area contributed by atoms with E-state index >= 15 is 0 Å². The van der Waals surface area contributed by atoms with Gasteiger partial charge in [0.25, 0.3) is 5.91 Å². The second-order valence-electron chi connectivity index (χ2n) is 7.03. The molecule has 0 aliphatic carbocycles. The van der Waals surface area contributed by atoms with Crippen LogP contribution in [0.3, 0.4) is 0 Å². The van der Waals surface area contributed by atoms with E-state index in [1.807, 2.05) is 0 Å². The zero-order valence-electron chi connectivity index (χ0n) is 16.1. The van der Waals surface area contributed by atoms with Crippen LogP contribution in [0.15, 0.2) is 54.9 Å². The first-order valence-electron chi connectivity index (χ1n) is 8.93. The van der Waals surface area contributed by atoms with Gasteiger partial charge in [0.2, 0.25) is 0 Å². The summed E-state index contributed by atoms with van der Waals surface area (Å²) in [5.41, 5.74) is -2.71. The molecule has 0 saturated carbocycles. The smallest absolute Gasteiger partial charge is 0.378 e. The van der Waals surface area contributed by atoms with E-state index in [0.29, 0.717) is 17.2 Å². The van der Waals surface area contributed by atoms with E-state index < -0.39 is 34.6 Å². The van der Waals surface area contributed by atoms with E-state index in [-0.39, 0.29) is 12.2 Å². The molecule has 0 bridgehead atoms. The number of nitrogens with one attached hydrogen (secondary N) is 1. The van der Waals surface area contributed by atoms with Gasteiger partial charge in [-0.2, -0.15) is 23.5 Å². The molecule has 3 rings (SSSR count). The fourth-order valence-electron chi connectivity index (χ4n) is 2.85. The number of carbonyl (C=O) groups excluding carboxylic acids is 1. The van der Waals surface area contributed by atoms with Crippen LogP contribution >= 0.6 is 0 Å². The number of carbonyl (C=O) groups is 1.